The number of aromatic nitrogens is 6. The zero-order chi connectivity index (χ0) is 13.1. The van der Waals surface area contributed by atoms with E-state index < -0.39 is 0 Å². The predicted octanol–water partition coefficient (Wildman–Crippen LogP) is -0.380. The van der Waals surface area contributed by atoms with Crippen molar-refractivity contribution < 1.29 is 0 Å². The Balaban J connectivity index is 1.67. The lowest BCUT2D eigenvalue weighted by Crippen LogP contribution is -2.39. The molecule has 3 heterocycles. The van der Waals surface area contributed by atoms with E-state index in [1.165, 1.54) is 12.7 Å². The van der Waals surface area contributed by atoms with E-state index in [2.05, 4.69) is 30.2 Å². The number of nitrogens with two attached hydrogens (primary N) is 1. The summed E-state index contributed by atoms with van der Waals surface area (Å²) in [6, 6.07) is 0. The van der Waals surface area contributed by atoms with Crippen LogP contribution in [0.15, 0.2) is 12.7 Å². The van der Waals surface area contributed by atoms with Gasteiger partial charge in [-0.2, -0.15) is 10.1 Å². The molecule has 0 spiro atoms. The number of nitrogens with one attached hydrogen (secondary N) is 1. The molecule has 0 aliphatic carbocycles. The van der Waals surface area contributed by atoms with Crippen molar-refractivity contribution in [1.29, 1.82) is 0 Å². The molecule has 0 saturated carbocycles. The van der Waals surface area contributed by atoms with Gasteiger partial charge in [-0.1, -0.05) is 0 Å². The lowest BCUT2D eigenvalue weighted by atomic mass is 9.99. The van der Waals surface area contributed by atoms with Crippen molar-refractivity contribution >= 4 is 5.95 Å². The molecule has 102 valence electrons. The fourth-order valence-electron chi connectivity index (χ4n) is 2.40. The lowest BCUT2D eigenvalue weighted by Gasteiger charge is -2.31. The van der Waals surface area contributed by atoms with Crippen molar-refractivity contribution in [2.24, 2.45) is 11.7 Å². The van der Waals surface area contributed by atoms with E-state index in [-0.39, 0.29) is 0 Å². The van der Waals surface area contributed by atoms with Gasteiger partial charge in [0.05, 0.1) is 0 Å². The quantitative estimate of drug-likeness (QED) is 0.778. The number of piperidine rings is 1. The van der Waals surface area contributed by atoms with Crippen molar-refractivity contribution in [2.75, 3.05) is 24.5 Å². The molecule has 8 heteroatoms. The number of aromatic amines is 1. The molecule has 8 nitrogen and oxygen atoms in total. The Hall–Kier alpha value is -1.96. The molecule has 0 radical (unpaired) electrons. The largest absolute Gasteiger partial charge is 0.339 e. The first-order valence-electron chi connectivity index (χ1n) is 6.54. The van der Waals surface area contributed by atoms with Crippen LogP contribution < -0.4 is 10.6 Å². The molecule has 1 saturated heterocycles. The molecule has 1 aliphatic rings. The maximum absolute atomic E-state index is 5.75. The molecule has 0 aromatic carbocycles. The summed E-state index contributed by atoms with van der Waals surface area (Å²) in [7, 11) is 0. The van der Waals surface area contributed by atoms with Crippen molar-refractivity contribution in [1.82, 2.24) is 29.9 Å². The molecular weight excluding hydrogens is 244 g/mol. The summed E-state index contributed by atoms with van der Waals surface area (Å²) in [6.07, 6.45) is 5.51. The van der Waals surface area contributed by atoms with E-state index in [1.54, 1.807) is 11.0 Å². The molecule has 2 aromatic rings. The van der Waals surface area contributed by atoms with Gasteiger partial charge in [0.2, 0.25) is 5.95 Å². The maximum Gasteiger partial charge on any atom is 0.244 e. The van der Waals surface area contributed by atoms with Crippen molar-refractivity contribution in [3.8, 4) is 0 Å². The summed E-state index contributed by atoms with van der Waals surface area (Å²) in [5.41, 5.74) is 5.75. The summed E-state index contributed by atoms with van der Waals surface area (Å²) < 4.78 is 1.71. The minimum atomic E-state index is 0.547. The van der Waals surface area contributed by atoms with E-state index in [0.717, 1.165) is 37.8 Å². The van der Waals surface area contributed by atoms with Crippen LogP contribution in [0.5, 0.6) is 0 Å². The molecule has 0 bridgehead atoms. The van der Waals surface area contributed by atoms with E-state index in [0.29, 0.717) is 12.5 Å². The third-order valence-corrected chi connectivity index (χ3v) is 3.43. The second-order valence-corrected chi connectivity index (χ2v) is 4.87. The normalized spacial score (nSPS) is 19.8. The van der Waals surface area contributed by atoms with Gasteiger partial charge < -0.3 is 10.6 Å². The first kappa shape index (κ1) is 12.1. The van der Waals surface area contributed by atoms with Gasteiger partial charge in [-0.3, -0.25) is 5.10 Å². The van der Waals surface area contributed by atoms with Gasteiger partial charge in [0, 0.05) is 13.1 Å². The number of anilines is 1. The van der Waals surface area contributed by atoms with Crippen LogP contribution in [0.25, 0.3) is 0 Å². The molecule has 3 N–H and O–H groups in total. The van der Waals surface area contributed by atoms with Crippen molar-refractivity contribution in [3.63, 3.8) is 0 Å². The Morgan fingerprint density at radius 2 is 2.42 bits per heavy atom. The number of H-pyrrole nitrogens is 1. The summed E-state index contributed by atoms with van der Waals surface area (Å²) >= 11 is 0. The molecule has 1 unspecified atom stereocenters. The first-order chi connectivity index (χ1) is 9.35. The number of hydrogen-bond acceptors (Lipinski definition) is 6. The van der Waals surface area contributed by atoms with Crippen LogP contribution in [0, 0.1) is 5.92 Å². The van der Waals surface area contributed by atoms with Gasteiger partial charge in [-0.05, 0) is 25.3 Å². The van der Waals surface area contributed by atoms with E-state index >= 15 is 0 Å². The Morgan fingerprint density at radius 1 is 1.47 bits per heavy atom. The van der Waals surface area contributed by atoms with Crippen LogP contribution in [0.1, 0.15) is 18.7 Å². The Labute approximate surface area is 111 Å². The molecule has 0 amide bonds. The summed E-state index contributed by atoms with van der Waals surface area (Å²) in [4.78, 5) is 10.6. The summed E-state index contributed by atoms with van der Waals surface area (Å²) in [5, 5.41) is 11.3. The average Bonchev–Trinajstić information content (AvgIpc) is 3.11. The molecule has 2 aromatic heterocycles. The summed E-state index contributed by atoms with van der Waals surface area (Å²) in [6.45, 7) is 3.22. The second kappa shape index (κ2) is 5.35. The van der Waals surface area contributed by atoms with Gasteiger partial charge in [0.15, 0.2) is 0 Å². The highest BCUT2D eigenvalue weighted by Crippen LogP contribution is 2.19. The minimum absolute atomic E-state index is 0.547. The van der Waals surface area contributed by atoms with Crippen LogP contribution >= 0.6 is 0 Å². The minimum Gasteiger partial charge on any atom is -0.339 e. The average molecular weight is 262 g/mol. The first-order valence-corrected chi connectivity index (χ1v) is 6.54. The van der Waals surface area contributed by atoms with Crippen molar-refractivity contribution in [2.45, 2.75) is 19.4 Å². The van der Waals surface area contributed by atoms with Crippen LogP contribution in [0.2, 0.25) is 0 Å². The highest BCUT2D eigenvalue weighted by atomic mass is 15.4. The standard InChI is InChI=1S/C11H18N8/c12-4-9-2-1-3-18(5-9)11-15-10(16-17-11)6-19-8-13-7-14-19/h7-9H,1-6,12H2,(H,15,16,17). The number of rotatable bonds is 4. The van der Waals surface area contributed by atoms with E-state index in [9.17, 15) is 0 Å². The Kier molecular flexibility index (Phi) is 3.41. The van der Waals surface area contributed by atoms with Crippen LogP contribution in [0.4, 0.5) is 5.95 Å². The molecule has 1 fully saturated rings. The Morgan fingerprint density at radius 3 is 3.21 bits per heavy atom. The lowest BCUT2D eigenvalue weighted by molar-refractivity contribution is 0.419. The van der Waals surface area contributed by atoms with Crippen LogP contribution in [0.3, 0.4) is 0 Å². The van der Waals surface area contributed by atoms with Crippen molar-refractivity contribution in [3.05, 3.63) is 18.5 Å². The number of hydrogen-bond donors (Lipinski definition) is 2. The maximum atomic E-state index is 5.75. The molecule has 3 rings (SSSR count). The Bertz CT molecular complexity index is 505. The zero-order valence-electron chi connectivity index (χ0n) is 10.7. The SMILES string of the molecule is NCC1CCCN(c2n[nH]c(Cn3cncn3)n2)C1. The predicted molar refractivity (Wildman–Crippen MR) is 69.5 cm³/mol. The van der Waals surface area contributed by atoms with Gasteiger partial charge in [0.1, 0.15) is 25.0 Å². The smallest absolute Gasteiger partial charge is 0.244 e. The van der Waals surface area contributed by atoms with Gasteiger partial charge in [-0.15, -0.1) is 5.10 Å². The van der Waals surface area contributed by atoms with Gasteiger partial charge in [-0.25, -0.2) is 9.67 Å². The fourth-order valence-corrected chi connectivity index (χ4v) is 2.40. The zero-order valence-corrected chi connectivity index (χ0v) is 10.7. The van der Waals surface area contributed by atoms with Crippen LogP contribution in [-0.2, 0) is 6.54 Å². The van der Waals surface area contributed by atoms with Crippen LogP contribution in [-0.4, -0.2) is 49.6 Å². The molecule has 1 atom stereocenters. The molecule has 1 aliphatic heterocycles. The second-order valence-electron chi connectivity index (χ2n) is 4.87. The number of nitrogens with zero attached hydrogens (tertiary/aromatic N) is 6. The third-order valence-electron chi connectivity index (χ3n) is 3.43. The fraction of sp³-hybridized carbons (Fsp3) is 0.636. The highest BCUT2D eigenvalue weighted by Gasteiger charge is 2.21. The summed E-state index contributed by atoms with van der Waals surface area (Å²) in [5.74, 6) is 2.09. The highest BCUT2D eigenvalue weighted by molar-refractivity contribution is 5.29. The third kappa shape index (κ3) is 2.73. The van der Waals surface area contributed by atoms with E-state index in [4.69, 9.17) is 5.73 Å². The topological polar surface area (TPSA) is 102 Å². The van der Waals surface area contributed by atoms with E-state index in [1.807, 2.05) is 0 Å². The monoisotopic (exact) mass is 262 g/mol. The van der Waals surface area contributed by atoms with Gasteiger partial charge in [0.25, 0.3) is 0 Å². The molecular formula is C11H18N8. The van der Waals surface area contributed by atoms with Gasteiger partial charge >= 0.3 is 0 Å². The molecule has 19 heavy (non-hydrogen) atoms.